The van der Waals surface area contributed by atoms with Crippen LogP contribution >= 0.6 is 11.3 Å². The molecule has 0 aliphatic heterocycles. The first-order chi connectivity index (χ1) is 10.6. The number of nitrogens with zero attached hydrogens (tertiary/aromatic N) is 2. The summed E-state index contributed by atoms with van der Waals surface area (Å²) in [6.07, 6.45) is 6.05. The smallest absolute Gasteiger partial charge is 0.317 e. The first kappa shape index (κ1) is 15.7. The van der Waals surface area contributed by atoms with E-state index < -0.39 is 0 Å². The molecule has 2 N–H and O–H groups in total. The van der Waals surface area contributed by atoms with Crippen LogP contribution in [0.4, 0.5) is 4.79 Å². The summed E-state index contributed by atoms with van der Waals surface area (Å²) in [5.74, 6) is 0.930. The molecule has 1 heterocycles. The summed E-state index contributed by atoms with van der Waals surface area (Å²) in [5.41, 5.74) is 1.23. The minimum Gasteiger partial charge on any atom is -0.393 e. The number of aromatic nitrogens is 1. The topological polar surface area (TPSA) is 65.5 Å². The minimum absolute atomic E-state index is 0.0573. The zero-order chi connectivity index (χ0) is 15.5. The summed E-state index contributed by atoms with van der Waals surface area (Å²) in [6.45, 7) is 1.25. The number of hydrogen-bond donors (Lipinski definition) is 2. The fraction of sp³-hybridized carbons (Fsp3) is 0.750. The van der Waals surface area contributed by atoms with Crippen LogP contribution in [0.15, 0.2) is 5.38 Å². The second kappa shape index (κ2) is 6.96. The van der Waals surface area contributed by atoms with Crippen molar-refractivity contribution in [3.8, 4) is 0 Å². The lowest BCUT2D eigenvalue weighted by Gasteiger charge is -2.23. The Morgan fingerprint density at radius 2 is 2.27 bits per heavy atom. The number of thiazole rings is 1. The van der Waals surface area contributed by atoms with Gasteiger partial charge in [-0.2, -0.15) is 0 Å². The molecule has 0 aromatic carbocycles. The number of hydrogen-bond acceptors (Lipinski definition) is 4. The highest BCUT2D eigenvalue weighted by Crippen LogP contribution is 2.40. The van der Waals surface area contributed by atoms with E-state index in [1.54, 1.807) is 23.3 Å². The van der Waals surface area contributed by atoms with Crippen molar-refractivity contribution >= 4 is 17.4 Å². The van der Waals surface area contributed by atoms with Gasteiger partial charge in [0.15, 0.2) is 0 Å². The summed E-state index contributed by atoms with van der Waals surface area (Å²) in [5, 5.41) is 16.0. The largest absolute Gasteiger partial charge is 0.393 e. The van der Waals surface area contributed by atoms with Crippen LogP contribution in [0.3, 0.4) is 0 Å². The lowest BCUT2D eigenvalue weighted by atomic mass is 10.1. The Morgan fingerprint density at radius 3 is 2.95 bits per heavy atom. The van der Waals surface area contributed by atoms with Crippen molar-refractivity contribution < 1.29 is 9.90 Å². The number of urea groups is 1. The average molecular weight is 323 g/mol. The Bertz CT molecular complexity index is 515. The molecule has 0 radical (unpaired) electrons. The SMILES string of the molecule is CN(C[C@@H]1CCC[C@@H]1O)C(=O)NCCc1nc(C2CC2)cs1. The third-order valence-electron chi connectivity index (χ3n) is 4.65. The van der Waals surface area contributed by atoms with Crippen molar-refractivity contribution in [3.63, 3.8) is 0 Å². The quantitative estimate of drug-likeness (QED) is 0.844. The number of carbonyl (C=O) groups excluding carboxylic acids is 1. The van der Waals surface area contributed by atoms with E-state index in [1.807, 2.05) is 0 Å². The first-order valence-electron chi connectivity index (χ1n) is 8.25. The molecule has 2 amide bonds. The highest BCUT2D eigenvalue weighted by molar-refractivity contribution is 7.09. The predicted octanol–water partition coefficient (Wildman–Crippen LogP) is 2.37. The number of amides is 2. The molecule has 2 fully saturated rings. The molecular formula is C16H25N3O2S. The maximum absolute atomic E-state index is 12.1. The van der Waals surface area contributed by atoms with Crippen molar-refractivity contribution in [2.75, 3.05) is 20.1 Å². The molecule has 0 bridgehead atoms. The van der Waals surface area contributed by atoms with E-state index >= 15 is 0 Å². The van der Waals surface area contributed by atoms with Crippen LogP contribution in [0.5, 0.6) is 0 Å². The highest BCUT2D eigenvalue weighted by Gasteiger charge is 2.27. The molecule has 5 nitrogen and oxygen atoms in total. The molecular weight excluding hydrogens is 298 g/mol. The molecule has 1 aromatic rings. The monoisotopic (exact) mass is 323 g/mol. The van der Waals surface area contributed by atoms with Gasteiger partial charge in [-0.3, -0.25) is 0 Å². The molecule has 0 unspecified atom stereocenters. The van der Waals surface area contributed by atoms with Crippen LogP contribution in [0.2, 0.25) is 0 Å². The van der Waals surface area contributed by atoms with Gasteiger partial charge in [-0.25, -0.2) is 9.78 Å². The number of nitrogens with one attached hydrogen (secondary N) is 1. The van der Waals surface area contributed by atoms with Crippen molar-refractivity contribution in [1.29, 1.82) is 0 Å². The molecule has 3 rings (SSSR count). The van der Waals surface area contributed by atoms with Crippen molar-refractivity contribution in [2.45, 2.75) is 50.5 Å². The van der Waals surface area contributed by atoms with Gasteiger partial charge in [0.05, 0.1) is 16.8 Å². The van der Waals surface area contributed by atoms with Crippen LogP contribution < -0.4 is 5.32 Å². The second-order valence-corrected chi connectivity index (χ2v) is 7.50. The molecule has 0 spiro atoms. The van der Waals surface area contributed by atoms with Crippen LogP contribution in [0, 0.1) is 5.92 Å². The lowest BCUT2D eigenvalue weighted by molar-refractivity contribution is 0.114. The van der Waals surface area contributed by atoms with E-state index in [-0.39, 0.29) is 18.1 Å². The van der Waals surface area contributed by atoms with Gasteiger partial charge in [-0.05, 0) is 25.7 Å². The molecule has 2 atom stereocenters. The van der Waals surface area contributed by atoms with Gasteiger partial charge in [0.2, 0.25) is 0 Å². The van der Waals surface area contributed by atoms with E-state index in [0.717, 1.165) is 30.7 Å². The summed E-state index contributed by atoms with van der Waals surface area (Å²) >= 11 is 1.70. The summed E-state index contributed by atoms with van der Waals surface area (Å²) in [4.78, 5) is 18.4. The fourth-order valence-corrected chi connectivity index (χ4v) is 3.96. The number of aliphatic hydroxyl groups is 1. The van der Waals surface area contributed by atoms with Gasteiger partial charge in [0.25, 0.3) is 0 Å². The molecule has 1 aromatic heterocycles. The Morgan fingerprint density at radius 1 is 1.45 bits per heavy atom. The molecule has 2 aliphatic carbocycles. The lowest BCUT2D eigenvalue weighted by Crippen LogP contribution is -2.41. The Balaban J connectivity index is 1.37. The molecule has 2 aliphatic rings. The van der Waals surface area contributed by atoms with Crippen LogP contribution in [-0.2, 0) is 6.42 Å². The standard InChI is InChI=1S/C16H25N3O2S/c1-19(9-12-3-2-4-14(12)20)16(21)17-8-7-15-18-13(10-22-15)11-5-6-11/h10-12,14,20H,2-9H2,1H3,(H,17,21)/t12-,14-/m0/s1. The van der Waals surface area contributed by atoms with Gasteiger partial charge in [0, 0.05) is 43.8 Å². The third-order valence-corrected chi connectivity index (χ3v) is 5.58. The zero-order valence-corrected chi connectivity index (χ0v) is 13.9. The van der Waals surface area contributed by atoms with Gasteiger partial charge < -0.3 is 15.3 Å². The summed E-state index contributed by atoms with van der Waals surface area (Å²) in [7, 11) is 1.80. The maximum atomic E-state index is 12.1. The zero-order valence-electron chi connectivity index (χ0n) is 13.1. The van der Waals surface area contributed by atoms with Gasteiger partial charge >= 0.3 is 6.03 Å². The second-order valence-electron chi connectivity index (χ2n) is 6.56. The van der Waals surface area contributed by atoms with Gasteiger partial charge in [-0.15, -0.1) is 11.3 Å². The number of rotatable bonds is 6. The number of carbonyl (C=O) groups is 1. The van der Waals surface area contributed by atoms with Crippen LogP contribution in [0.25, 0.3) is 0 Å². The fourth-order valence-electron chi connectivity index (χ4n) is 3.08. The van der Waals surface area contributed by atoms with E-state index in [9.17, 15) is 9.90 Å². The van der Waals surface area contributed by atoms with Crippen molar-refractivity contribution in [3.05, 3.63) is 16.1 Å². The molecule has 122 valence electrons. The highest BCUT2D eigenvalue weighted by atomic mass is 32.1. The first-order valence-corrected chi connectivity index (χ1v) is 9.13. The van der Waals surface area contributed by atoms with Crippen LogP contribution in [0.1, 0.15) is 48.7 Å². The third kappa shape index (κ3) is 3.98. The Kier molecular flexibility index (Phi) is 4.98. The normalized spacial score (nSPS) is 24.5. The Labute approximate surface area is 135 Å². The van der Waals surface area contributed by atoms with Crippen LogP contribution in [-0.4, -0.2) is 47.3 Å². The molecule has 0 saturated heterocycles. The van der Waals surface area contributed by atoms with E-state index in [1.165, 1.54) is 18.5 Å². The molecule has 6 heteroatoms. The van der Waals surface area contributed by atoms with Gasteiger partial charge in [-0.1, -0.05) is 6.42 Å². The van der Waals surface area contributed by atoms with Crippen molar-refractivity contribution in [1.82, 2.24) is 15.2 Å². The molecule has 2 saturated carbocycles. The summed E-state index contributed by atoms with van der Waals surface area (Å²) in [6, 6.07) is -0.0573. The number of aliphatic hydroxyl groups excluding tert-OH is 1. The average Bonchev–Trinajstić information content (AvgIpc) is 3.12. The maximum Gasteiger partial charge on any atom is 0.317 e. The van der Waals surface area contributed by atoms with E-state index in [0.29, 0.717) is 19.0 Å². The van der Waals surface area contributed by atoms with E-state index in [4.69, 9.17) is 0 Å². The molecule has 22 heavy (non-hydrogen) atoms. The van der Waals surface area contributed by atoms with Crippen molar-refractivity contribution in [2.24, 2.45) is 5.92 Å². The minimum atomic E-state index is -0.244. The summed E-state index contributed by atoms with van der Waals surface area (Å²) < 4.78 is 0. The Hall–Kier alpha value is -1.14. The van der Waals surface area contributed by atoms with E-state index in [2.05, 4.69) is 15.7 Å². The van der Waals surface area contributed by atoms with Gasteiger partial charge in [0.1, 0.15) is 0 Å². The predicted molar refractivity (Wildman–Crippen MR) is 87.2 cm³/mol.